The second-order valence-electron chi connectivity index (χ2n) is 2.90. The molecule has 4 heteroatoms. The maximum absolute atomic E-state index is 13.0. The second-order valence-corrected chi connectivity index (χ2v) is 4.99. The highest BCUT2D eigenvalue weighted by Gasteiger charge is 2.07. The molecule has 0 bridgehead atoms. The summed E-state index contributed by atoms with van der Waals surface area (Å²) in [6.07, 6.45) is 1.79. The first-order valence-electron chi connectivity index (χ1n) is 4.04. The molecule has 0 saturated heterocycles. The van der Waals surface area contributed by atoms with Crippen LogP contribution in [0.15, 0.2) is 28.9 Å². The summed E-state index contributed by atoms with van der Waals surface area (Å²) in [6, 6.07) is 4.61. The van der Waals surface area contributed by atoms with Crippen molar-refractivity contribution in [2.75, 3.05) is 0 Å². The third-order valence-corrected chi connectivity index (χ3v) is 3.42. The summed E-state index contributed by atoms with van der Waals surface area (Å²) in [5.74, 6) is -0.240. The molecule has 0 atom stereocenters. The summed E-state index contributed by atoms with van der Waals surface area (Å²) >= 11 is 4.93. The third-order valence-electron chi connectivity index (χ3n) is 1.78. The fourth-order valence-electron chi connectivity index (χ4n) is 1.14. The average Bonchev–Trinajstić information content (AvgIpc) is 2.56. The van der Waals surface area contributed by atoms with Gasteiger partial charge < -0.3 is 0 Å². The summed E-state index contributed by atoms with van der Waals surface area (Å²) in [5.41, 5.74) is 0.808. The number of aryl methyl sites for hydroxylation is 1. The zero-order valence-electron chi connectivity index (χ0n) is 7.42. The van der Waals surface area contributed by atoms with Crippen molar-refractivity contribution in [2.24, 2.45) is 0 Å². The van der Waals surface area contributed by atoms with Crippen molar-refractivity contribution in [1.82, 2.24) is 4.98 Å². The van der Waals surface area contributed by atoms with Crippen molar-refractivity contribution in [3.63, 3.8) is 0 Å². The molecule has 0 aliphatic rings. The molecule has 0 unspecified atom stereocenters. The topological polar surface area (TPSA) is 12.9 Å². The molecule has 2 aromatic rings. The molecule has 1 nitrogen and oxygen atoms in total. The van der Waals surface area contributed by atoms with Gasteiger partial charge in [-0.15, -0.1) is 11.3 Å². The van der Waals surface area contributed by atoms with Crippen molar-refractivity contribution < 1.29 is 4.39 Å². The maximum Gasteiger partial charge on any atom is 0.124 e. The van der Waals surface area contributed by atoms with E-state index < -0.39 is 0 Å². The Bertz CT molecular complexity index is 467. The lowest BCUT2D eigenvalue weighted by atomic mass is 10.2. The number of benzene rings is 1. The van der Waals surface area contributed by atoms with Crippen LogP contribution in [0.4, 0.5) is 4.39 Å². The minimum Gasteiger partial charge on any atom is -0.244 e. The number of hydrogen-bond acceptors (Lipinski definition) is 2. The number of rotatable bonds is 1. The molecule has 0 spiro atoms. The summed E-state index contributed by atoms with van der Waals surface area (Å²) in [4.78, 5) is 5.33. The van der Waals surface area contributed by atoms with Crippen LogP contribution in [0, 0.1) is 12.7 Å². The van der Waals surface area contributed by atoms with E-state index in [9.17, 15) is 4.39 Å². The molecule has 1 heterocycles. The smallest absolute Gasteiger partial charge is 0.124 e. The Kier molecular flexibility index (Phi) is 2.65. The minimum atomic E-state index is -0.240. The highest BCUT2D eigenvalue weighted by Crippen LogP contribution is 2.31. The summed E-state index contributed by atoms with van der Waals surface area (Å²) in [6.45, 7) is 1.98. The lowest BCUT2D eigenvalue weighted by Crippen LogP contribution is -1.80. The van der Waals surface area contributed by atoms with Gasteiger partial charge in [0.05, 0.1) is 0 Å². The van der Waals surface area contributed by atoms with Crippen LogP contribution >= 0.6 is 27.3 Å². The fourth-order valence-corrected chi connectivity index (χ4v) is 2.50. The van der Waals surface area contributed by atoms with Crippen LogP contribution in [0.3, 0.4) is 0 Å². The Balaban J connectivity index is 2.55. The van der Waals surface area contributed by atoms with Gasteiger partial charge in [-0.1, -0.05) is 15.9 Å². The van der Waals surface area contributed by atoms with Crippen LogP contribution < -0.4 is 0 Å². The first-order valence-corrected chi connectivity index (χ1v) is 5.65. The van der Waals surface area contributed by atoms with Crippen LogP contribution in [0.5, 0.6) is 0 Å². The van der Waals surface area contributed by atoms with Crippen molar-refractivity contribution in [3.8, 4) is 10.6 Å². The minimum absolute atomic E-state index is 0.240. The Morgan fingerprint density at radius 3 is 2.86 bits per heavy atom. The van der Waals surface area contributed by atoms with Gasteiger partial charge in [0.1, 0.15) is 10.8 Å². The monoisotopic (exact) mass is 271 g/mol. The van der Waals surface area contributed by atoms with E-state index in [1.165, 1.54) is 12.1 Å². The van der Waals surface area contributed by atoms with Gasteiger partial charge in [-0.2, -0.15) is 0 Å². The van der Waals surface area contributed by atoms with E-state index in [1.807, 2.05) is 6.92 Å². The Morgan fingerprint density at radius 2 is 2.21 bits per heavy atom. The third kappa shape index (κ3) is 1.86. The average molecular weight is 272 g/mol. The molecule has 0 aliphatic carbocycles. The van der Waals surface area contributed by atoms with Crippen molar-refractivity contribution in [3.05, 3.63) is 39.6 Å². The van der Waals surface area contributed by atoms with Gasteiger partial charge >= 0.3 is 0 Å². The molecule has 0 saturated carbocycles. The molecule has 1 aromatic carbocycles. The van der Waals surface area contributed by atoms with Crippen molar-refractivity contribution >= 4 is 27.3 Å². The summed E-state index contributed by atoms with van der Waals surface area (Å²) < 4.78 is 13.9. The van der Waals surface area contributed by atoms with Gasteiger partial charge in [0.25, 0.3) is 0 Å². The molecular formula is C10H7BrFNS. The number of aromatic nitrogens is 1. The second kappa shape index (κ2) is 3.79. The molecule has 14 heavy (non-hydrogen) atoms. The van der Waals surface area contributed by atoms with Crippen LogP contribution in [0.1, 0.15) is 4.88 Å². The van der Waals surface area contributed by atoms with E-state index in [0.29, 0.717) is 0 Å². The molecule has 1 aromatic heterocycles. The molecule has 0 amide bonds. The van der Waals surface area contributed by atoms with Gasteiger partial charge in [0, 0.05) is 21.1 Å². The van der Waals surface area contributed by atoms with E-state index in [1.54, 1.807) is 23.6 Å². The molecule has 0 aliphatic heterocycles. The maximum atomic E-state index is 13.0. The lowest BCUT2D eigenvalue weighted by molar-refractivity contribution is 0.628. The highest BCUT2D eigenvalue weighted by atomic mass is 79.9. The Hall–Kier alpha value is -0.740. The quantitative estimate of drug-likeness (QED) is 0.764. The normalized spacial score (nSPS) is 10.5. The van der Waals surface area contributed by atoms with Crippen LogP contribution in [-0.2, 0) is 0 Å². The van der Waals surface area contributed by atoms with Gasteiger partial charge in [0.15, 0.2) is 0 Å². The Morgan fingerprint density at radius 1 is 1.43 bits per heavy atom. The first kappa shape index (κ1) is 9.80. The fraction of sp³-hybridized carbons (Fsp3) is 0.100. The molecule has 0 N–H and O–H groups in total. The van der Waals surface area contributed by atoms with Crippen LogP contribution in [0.2, 0.25) is 0 Å². The Labute approximate surface area is 93.7 Å². The molecule has 2 rings (SSSR count). The predicted molar refractivity (Wildman–Crippen MR) is 59.9 cm³/mol. The van der Waals surface area contributed by atoms with Crippen LogP contribution in [-0.4, -0.2) is 4.98 Å². The lowest BCUT2D eigenvalue weighted by Gasteiger charge is -1.99. The van der Waals surface area contributed by atoms with Gasteiger partial charge in [0.2, 0.25) is 0 Å². The van der Waals surface area contributed by atoms with E-state index in [-0.39, 0.29) is 5.82 Å². The number of hydrogen-bond donors (Lipinski definition) is 0. The van der Waals surface area contributed by atoms with E-state index in [2.05, 4.69) is 20.9 Å². The van der Waals surface area contributed by atoms with Crippen molar-refractivity contribution in [2.45, 2.75) is 6.92 Å². The number of nitrogens with zero attached hydrogens (tertiary/aromatic N) is 1. The standard InChI is InChI=1S/C10H7BrFNS/c1-6-5-13-10(14-6)8-4-7(12)2-3-9(8)11/h2-5H,1H3. The summed E-state index contributed by atoms with van der Waals surface area (Å²) in [5, 5.41) is 0.842. The van der Waals surface area contributed by atoms with E-state index in [4.69, 9.17) is 0 Å². The van der Waals surface area contributed by atoms with Gasteiger partial charge in [-0.05, 0) is 25.1 Å². The van der Waals surface area contributed by atoms with Gasteiger partial charge in [-0.25, -0.2) is 9.37 Å². The number of halogens is 2. The zero-order valence-corrected chi connectivity index (χ0v) is 9.82. The number of thiazole rings is 1. The largest absolute Gasteiger partial charge is 0.244 e. The van der Waals surface area contributed by atoms with Gasteiger partial charge in [-0.3, -0.25) is 0 Å². The summed E-state index contributed by atoms with van der Waals surface area (Å²) in [7, 11) is 0. The zero-order chi connectivity index (χ0) is 10.1. The van der Waals surface area contributed by atoms with Crippen LogP contribution in [0.25, 0.3) is 10.6 Å². The SMILES string of the molecule is Cc1cnc(-c2cc(F)ccc2Br)s1. The molecule has 0 radical (unpaired) electrons. The van der Waals surface area contributed by atoms with E-state index >= 15 is 0 Å². The highest BCUT2D eigenvalue weighted by molar-refractivity contribution is 9.10. The van der Waals surface area contributed by atoms with Crippen molar-refractivity contribution in [1.29, 1.82) is 0 Å². The predicted octanol–water partition coefficient (Wildman–Crippen LogP) is 4.02. The molecular weight excluding hydrogens is 265 g/mol. The van der Waals surface area contributed by atoms with E-state index in [0.717, 1.165) is 19.9 Å². The molecule has 0 fully saturated rings. The molecule has 72 valence electrons. The first-order chi connectivity index (χ1) is 6.66.